The molecule has 0 aliphatic carbocycles. The average Bonchev–Trinajstić information content (AvgIpc) is 3.21. The number of aromatic nitrogens is 1. The summed E-state index contributed by atoms with van der Waals surface area (Å²) >= 11 is 1.35. The van der Waals surface area contributed by atoms with Crippen LogP contribution in [-0.4, -0.2) is 72.1 Å². The molecule has 3 aliphatic heterocycles. The van der Waals surface area contributed by atoms with Crippen molar-refractivity contribution in [1.82, 2.24) is 14.6 Å². The third-order valence-electron chi connectivity index (χ3n) is 5.77. The van der Waals surface area contributed by atoms with Crippen LogP contribution in [0.2, 0.25) is 0 Å². The molecule has 3 aliphatic rings. The quantitative estimate of drug-likeness (QED) is 0.325. The summed E-state index contributed by atoms with van der Waals surface area (Å²) in [5, 5.41) is 14.3. The van der Waals surface area contributed by atoms with Crippen molar-refractivity contribution in [2.75, 3.05) is 38.6 Å². The highest BCUT2D eigenvalue weighted by Crippen LogP contribution is 2.29. The van der Waals surface area contributed by atoms with Crippen molar-refractivity contribution in [3.63, 3.8) is 0 Å². The molecule has 1 aromatic carbocycles. The first-order chi connectivity index (χ1) is 15.0. The van der Waals surface area contributed by atoms with E-state index in [1.807, 2.05) is 18.2 Å². The molecule has 2 bridgehead atoms. The Bertz CT molecular complexity index is 911. The number of hydrogen-bond acceptors (Lipinski definition) is 8. The number of carbonyl (C=O) groups excluding carboxylic acids is 2. The van der Waals surface area contributed by atoms with Crippen LogP contribution in [0.5, 0.6) is 0 Å². The number of piperidine rings is 3. The fourth-order valence-corrected chi connectivity index (χ4v) is 4.96. The van der Waals surface area contributed by atoms with Crippen LogP contribution in [-0.2, 0) is 14.3 Å². The monoisotopic (exact) mass is 464 g/mol. The highest BCUT2D eigenvalue weighted by Gasteiger charge is 2.35. The number of methoxy groups -OCH3 is 1. The third-order valence-corrected chi connectivity index (χ3v) is 6.58. The van der Waals surface area contributed by atoms with E-state index >= 15 is 0 Å². The zero-order valence-corrected chi connectivity index (χ0v) is 18.3. The second kappa shape index (κ2) is 12.4. The molecule has 176 valence electrons. The summed E-state index contributed by atoms with van der Waals surface area (Å²) in [6, 6.07) is 6.16. The van der Waals surface area contributed by atoms with Crippen LogP contribution in [0.4, 0.5) is 5.69 Å². The van der Waals surface area contributed by atoms with Crippen LogP contribution < -0.4 is 10.6 Å². The minimum atomic E-state index is -0.250. The van der Waals surface area contributed by atoms with E-state index < -0.39 is 0 Å². The Balaban J connectivity index is 0.000000860. The largest absolute Gasteiger partial charge is 0.483 e. The molecule has 1 atom stereocenters. The Hall–Kier alpha value is -2.72. The molecular formula is C22H32N4O5S. The summed E-state index contributed by atoms with van der Waals surface area (Å²) < 4.78 is 10.0. The lowest BCUT2D eigenvalue weighted by atomic mass is 9.84. The van der Waals surface area contributed by atoms with Gasteiger partial charge in [-0.3, -0.25) is 14.4 Å². The minimum Gasteiger partial charge on any atom is -0.483 e. The SMILES string of the molecule is C.COC(=O)CCCNc1ccc2c(C(=O)N[C@@H]3CN4CCC3CC4)nsc2c1.O=CO. The molecule has 4 heterocycles. The van der Waals surface area contributed by atoms with Crippen LogP contribution in [0.3, 0.4) is 0 Å². The number of nitrogens with zero attached hydrogens (tertiary/aromatic N) is 2. The van der Waals surface area contributed by atoms with Gasteiger partial charge in [-0.1, -0.05) is 7.43 Å². The molecule has 0 unspecified atom stereocenters. The second-order valence-electron chi connectivity index (χ2n) is 7.67. The van der Waals surface area contributed by atoms with Gasteiger partial charge >= 0.3 is 5.97 Å². The van der Waals surface area contributed by atoms with E-state index in [1.54, 1.807) is 0 Å². The first-order valence-electron chi connectivity index (χ1n) is 10.4. The van der Waals surface area contributed by atoms with Crippen molar-refractivity contribution in [3.05, 3.63) is 23.9 Å². The molecule has 0 saturated carbocycles. The highest BCUT2D eigenvalue weighted by molar-refractivity contribution is 7.13. The summed E-state index contributed by atoms with van der Waals surface area (Å²) in [5.41, 5.74) is 1.49. The Morgan fingerprint density at radius 1 is 1.34 bits per heavy atom. The van der Waals surface area contributed by atoms with Gasteiger partial charge in [-0.05, 0) is 68.0 Å². The normalized spacial score (nSPS) is 21.0. The lowest BCUT2D eigenvalue weighted by molar-refractivity contribution is -0.140. The molecule has 32 heavy (non-hydrogen) atoms. The number of ether oxygens (including phenoxy) is 1. The van der Waals surface area contributed by atoms with E-state index in [1.165, 1.54) is 31.5 Å². The first-order valence-corrected chi connectivity index (χ1v) is 11.1. The highest BCUT2D eigenvalue weighted by atomic mass is 32.1. The summed E-state index contributed by atoms with van der Waals surface area (Å²) in [6.45, 7) is 3.71. The molecule has 3 saturated heterocycles. The van der Waals surface area contributed by atoms with Crippen molar-refractivity contribution < 1.29 is 24.2 Å². The molecular weight excluding hydrogens is 432 g/mol. The lowest BCUT2D eigenvalue weighted by Crippen LogP contribution is -2.57. The van der Waals surface area contributed by atoms with Gasteiger partial charge in [0.2, 0.25) is 0 Å². The molecule has 0 radical (unpaired) electrons. The number of fused-ring (bicyclic) bond motifs is 4. The van der Waals surface area contributed by atoms with E-state index in [9.17, 15) is 9.59 Å². The van der Waals surface area contributed by atoms with E-state index in [0.717, 1.165) is 35.4 Å². The van der Waals surface area contributed by atoms with Gasteiger partial charge in [0.05, 0.1) is 11.8 Å². The van der Waals surface area contributed by atoms with Gasteiger partial charge in [0.1, 0.15) is 5.69 Å². The number of amides is 1. The lowest BCUT2D eigenvalue weighted by Gasteiger charge is -2.44. The van der Waals surface area contributed by atoms with Gasteiger partial charge < -0.3 is 25.4 Å². The van der Waals surface area contributed by atoms with E-state index in [4.69, 9.17) is 9.90 Å². The van der Waals surface area contributed by atoms with Crippen molar-refractivity contribution in [2.45, 2.75) is 39.2 Å². The predicted octanol–water partition coefficient (Wildman–Crippen LogP) is 2.82. The van der Waals surface area contributed by atoms with Crippen molar-refractivity contribution in [2.24, 2.45) is 5.92 Å². The third kappa shape index (κ3) is 6.39. The summed E-state index contributed by atoms with van der Waals surface area (Å²) in [7, 11) is 1.40. The van der Waals surface area contributed by atoms with Gasteiger partial charge in [-0.25, -0.2) is 0 Å². The van der Waals surface area contributed by atoms with Crippen LogP contribution in [0.25, 0.3) is 10.1 Å². The number of rotatable bonds is 7. The number of anilines is 1. The van der Waals surface area contributed by atoms with Gasteiger partial charge in [-0.2, -0.15) is 4.37 Å². The van der Waals surface area contributed by atoms with Gasteiger partial charge in [0.25, 0.3) is 12.4 Å². The van der Waals surface area contributed by atoms with Crippen LogP contribution in [0.15, 0.2) is 18.2 Å². The Kier molecular flexibility index (Phi) is 9.86. The second-order valence-corrected chi connectivity index (χ2v) is 8.48. The topological polar surface area (TPSA) is 121 Å². The first kappa shape index (κ1) is 25.5. The van der Waals surface area contributed by atoms with Crippen molar-refractivity contribution in [1.29, 1.82) is 0 Å². The number of benzene rings is 1. The number of hydrogen-bond donors (Lipinski definition) is 3. The summed E-state index contributed by atoms with van der Waals surface area (Å²) in [5.74, 6) is 0.335. The maximum absolute atomic E-state index is 12.8. The zero-order chi connectivity index (χ0) is 22.2. The zero-order valence-electron chi connectivity index (χ0n) is 17.5. The number of esters is 1. The molecule has 3 fully saturated rings. The van der Waals surface area contributed by atoms with Crippen molar-refractivity contribution >= 4 is 45.7 Å². The smallest absolute Gasteiger partial charge is 0.305 e. The molecule has 1 aromatic heterocycles. The molecule has 10 heteroatoms. The molecule has 3 N–H and O–H groups in total. The average molecular weight is 465 g/mol. The molecule has 1 amide bonds. The minimum absolute atomic E-state index is 0. The van der Waals surface area contributed by atoms with Gasteiger partial charge in [0, 0.05) is 36.6 Å². The van der Waals surface area contributed by atoms with Gasteiger partial charge in [0.15, 0.2) is 0 Å². The van der Waals surface area contributed by atoms with Crippen molar-refractivity contribution in [3.8, 4) is 0 Å². The van der Waals surface area contributed by atoms with Gasteiger partial charge in [-0.15, -0.1) is 0 Å². The van der Waals surface area contributed by atoms with Crippen LogP contribution in [0, 0.1) is 5.92 Å². The molecule has 9 nitrogen and oxygen atoms in total. The summed E-state index contributed by atoms with van der Waals surface area (Å²) in [6.07, 6.45) is 3.46. The summed E-state index contributed by atoms with van der Waals surface area (Å²) in [4.78, 5) is 34.8. The number of carbonyl (C=O) groups is 3. The van der Waals surface area contributed by atoms with E-state index in [2.05, 4.69) is 24.6 Å². The number of carboxylic acid groups (broad SMARTS) is 1. The molecule has 5 rings (SSSR count). The Morgan fingerprint density at radius 3 is 2.69 bits per heavy atom. The Morgan fingerprint density at radius 2 is 2.06 bits per heavy atom. The Labute approximate surface area is 192 Å². The maximum Gasteiger partial charge on any atom is 0.305 e. The van der Waals surface area contributed by atoms with E-state index in [-0.39, 0.29) is 31.8 Å². The molecule has 0 spiro atoms. The van der Waals surface area contributed by atoms with Crippen LogP contribution in [0.1, 0.15) is 43.6 Å². The predicted molar refractivity (Wildman–Crippen MR) is 125 cm³/mol. The fraction of sp³-hybridized carbons (Fsp3) is 0.545. The van der Waals surface area contributed by atoms with E-state index in [0.29, 0.717) is 31.0 Å². The maximum atomic E-state index is 12.8. The number of nitrogens with one attached hydrogen (secondary N) is 2. The molecule has 2 aromatic rings. The standard InChI is InChI=1S/C20H26N4O3S.CH2O2.CH4/c1-27-18(25)3-2-8-21-14-4-5-15-17(11-14)28-23-19(15)20(26)22-16-12-24-9-6-13(16)7-10-24;2-1-3;/h4-5,11,13,16,21H,2-3,6-10,12H2,1H3,(H,22,26);1H,(H,2,3);1H4/t16-;;/m1../s1. The van der Waals surface area contributed by atoms with Crippen LogP contribution >= 0.6 is 11.5 Å². The fourth-order valence-electron chi connectivity index (χ4n) is 4.14.